The van der Waals surface area contributed by atoms with Crippen molar-refractivity contribution in [2.75, 3.05) is 89.4 Å². The molecule has 3 heterocycles. The van der Waals surface area contributed by atoms with E-state index < -0.39 is 0 Å². The molecule has 11 heteroatoms. The van der Waals surface area contributed by atoms with Crippen LogP contribution in [0.4, 0.5) is 0 Å². The molecule has 0 N–H and O–H groups in total. The minimum Gasteiger partial charge on any atom is -0.491 e. The van der Waals surface area contributed by atoms with E-state index in [4.69, 9.17) is 9.47 Å². The maximum absolute atomic E-state index is 5.88. The largest absolute Gasteiger partial charge is 0.491 e. The fraction of sp³-hybridized carbons (Fsp3) is 0.380. The number of thioether (sulfide) groups is 3. The molecule has 14 aromatic carbocycles. The van der Waals surface area contributed by atoms with Crippen molar-refractivity contribution < 1.29 is 9.47 Å². The van der Waals surface area contributed by atoms with Gasteiger partial charge in [-0.15, -0.1) is 0 Å². The number of hydrogen-bond donors (Lipinski definition) is 0. The third kappa shape index (κ3) is 31.1. The molecule has 0 unspecified atom stereocenters. The number of hydrogen-bond acceptors (Lipinski definition) is 5. The van der Waals surface area contributed by atoms with Gasteiger partial charge in [0.2, 0.25) is 0 Å². The Morgan fingerprint density at radius 3 is 0.821 bits per heavy atom. The first kappa shape index (κ1) is 110. The Kier molecular flexibility index (Phi) is 40.0. The Morgan fingerprint density at radius 1 is 0.250 bits per heavy atom. The zero-order valence-electron chi connectivity index (χ0n) is 88.3. The normalized spacial score (nSPS) is 15.1. The molecule has 140 heavy (non-hydrogen) atoms. The SMILES string of the molecule is CC(C)(C)c1ccc([S+](c2ccc(C(C)(C)C)cc2)c2ccc(C(C)(C)C)cc2)cc1.CC(C)(C)c1ccc([S+](c2ccccc2)c2ccc(C(C)(C)C)cc2)cc1.CC(C)(C)c1ccc([S+]2CCSCC2)c2ccccc12.CC(C)(C)c1ccc([S+]2CCSCC2)cc1.COCCOc1ccc([S+]2CCSCC2)c2ccccc12.c1ccc([S+](c2ccccc2)c2ccc(C3CCCCC3)cc2)cc1. The highest BCUT2D eigenvalue weighted by atomic mass is 32.2. The molecule has 0 bridgehead atoms. The molecule has 1 saturated carbocycles. The van der Waals surface area contributed by atoms with Crippen molar-refractivity contribution in [1.82, 2.24) is 0 Å². The highest BCUT2D eigenvalue weighted by Gasteiger charge is 2.37. The second kappa shape index (κ2) is 51.0. The lowest BCUT2D eigenvalue weighted by Crippen LogP contribution is -2.22. The molecule has 3 saturated heterocycles. The zero-order chi connectivity index (χ0) is 99.8. The molecule has 2 nitrogen and oxygen atoms in total. The number of rotatable bonds is 17. The van der Waals surface area contributed by atoms with Crippen molar-refractivity contribution in [3.63, 3.8) is 0 Å². The molecule has 0 spiro atoms. The van der Waals surface area contributed by atoms with Crippen molar-refractivity contribution in [2.24, 2.45) is 0 Å². The summed E-state index contributed by atoms with van der Waals surface area (Å²) in [4.78, 5) is 17.1. The maximum atomic E-state index is 5.88. The predicted octanol–water partition coefficient (Wildman–Crippen LogP) is 35.0. The summed E-state index contributed by atoms with van der Waals surface area (Å²) < 4.78 is 10.9. The van der Waals surface area contributed by atoms with E-state index in [-0.39, 0.29) is 70.6 Å². The fourth-order valence-corrected chi connectivity index (χ4v) is 36.5. The van der Waals surface area contributed by atoms with Crippen molar-refractivity contribution in [3.05, 3.63) is 378 Å². The van der Waals surface area contributed by atoms with Crippen molar-refractivity contribution in [3.8, 4) is 5.75 Å². The Hall–Kier alpha value is -7.49. The summed E-state index contributed by atoms with van der Waals surface area (Å²) in [6.07, 6.45) is 6.93. The Labute approximate surface area is 876 Å². The number of benzene rings is 14. The van der Waals surface area contributed by atoms with Gasteiger partial charge in [0.05, 0.1) is 39.3 Å². The van der Waals surface area contributed by atoms with Gasteiger partial charge in [0.1, 0.15) is 46.9 Å². The van der Waals surface area contributed by atoms with E-state index in [1.165, 1.54) is 216 Å². The number of fused-ring (bicyclic) bond motifs is 2. The highest BCUT2D eigenvalue weighted by molar-refractivity contribution is 8.06. The van der Waals surface area contributed by atoms with Crippen LogP contribution in [0.25, 0.3) is 21.5 Å². The zero-order valence-corrected chi connectivity index (χ0v) is 95.6. The summed E-state index contributed by atoms with van der Waals surface area (Å²) in [5, 5.41) is 5.55. The van der Waals surface area contributed by atoms with Crippen molar-refractivity contribution in [1.29, 1.82) is 0 Å². The molecule has 0 radical (unpaired) electrons. The van der Waals surface area contributed by atoms with E-state index in [2.05, 4.69) is 514 Å². The van der Waals surface area contributed by atoms with Crippen molar-refractivity contribution in [2.45, 2.75) is 280 Å². The maximum Gasteiger partial charge on any atom is 0.166 e. The average molecular weight is 2030 g/mol. The predicted molar refractivity (Wildman–Crippen MR) is 631 cm³/mol. The van der Waals surface area contributed by atoms with E-state index in [1.807, 2.05) is 0 Å². The van der Waals surface area contributed by atoms with E-state index >= 15 is 0 Å². The van der Waals surface area contributed by atoms with E-state index in [1.54, 1.807) is 16.9 Å². The highest BCUT2D eigenvalue weighted by Crippen LogP contribution is 2.43. The van der Waals surface area contributed by atoms with Gasteiger partial charge in [-0.25, -0.2) is 0 Å². The molecule has 0 aromatic heterocycles. The van der Waals surface area contributed by atoms with Gasteiger partial charge in [-0.05, 0) is 258 Å². The molecule has 14 aromatic rings. The van der Waals surface area contributed by atoms with Gasteiger partial charge in [0.15, 0.2) is 58.7 Å². The van der Waals surface area contributed by atoms with E-state index in [9.17, 15) is 0 Å². The molecule has 0 atom stereocenters. The molecule has 4 aliphatic rings. The van der Waals surface area contributed by atoms with Crippen LogP contribution in [0.1, 0.15) is 228 Å². The molecule has 0 amide bonds. The molecule has 18 rings (SSSR count). The quantitative estimate of drug-likeness (QED) is 0.0666. The van der Waals surface area contributed by atoms with Gasteiger partial charge >= 0.3 is 0 Å². The van der Waals surface area contributed by atoms with Gasteiger partial charge < -0.3 is 9.47 Å². The molecule has 1 aliphatic carbocycles. The van der Waals surface area contributed by atoms with Crippen LogP contribution in [0.3, 0.4) is 0 Å². The number of ether oxygens (including phenoxy) is 2. The lowest BCUT2D eigenvalue weighted by Gasteiger charge is -2.23. The Bertz CT molecular complexity index is 5840. The molecular formula is C129H160O2S9+6. The summed E-state index contributed by atoms with van der Waals surface area (Å²) in [6.45, 7) is 49.1. The number of methoxy groups -OCH3 is 1. The minimum absolute atomic E-state index is 0.0278. The Balaban J connectivity index is 0.000000143. The van der Waals surface area contributed by atoms with Crippen LogP contribution in [0.15, 0.2) is 392 Å². The second-order valence-corrected chi connectivity index (χ2v) is 60.8. The lowest BCUT2D eigenvalue weighted by atomic mass is 9.84. The van der Waals surface area contributed by atoms with Crippen LogP contribution in [0, 0.1) is 0 Å². The van der Waals surface area contributed by atoms with Crippen molar-refractivity contribution >= 4 is 122 Å². The second-order valence-electron chi connectivity index (χ2n) is 44.3. The summed E-state index contributed by atoms with van der Waals surface area (Å²) in [7, 11) is 2.87. The first-order valence-electron chi connectivity index (χ1n) is 50.9. The smallest absolute Gasteiger partial charge is 0.166 e. The first-order valence-corrected chi connectivity index (χ1v) is 62.7. The van der Waals surface area contributed by atoms with Gasteiger partial charge in [-0.3, -0.25) is 0 Å². The topological polar surface area (TPSA) is 18.5 Å². The summed E-state index contributed by atoms with van der Waals surface area (Å²) in [5.74, 6) is 17.8. The Morgan fingerprint density at radius 2 is 0.514 bits per heavy atom. The molecular weight excluding hydrogens is 1870 g/mol. The van der Waals surface area contributed by atoms with E-state index in [0.717, 1.165) is 11.7 Å². The fourth-order valence-electron chi connectivity index (χ4n) is 18.1. The summed E-state index contributed by atoms with van der Waals surface area (Å²) in [5.41, 5.74) is 12.7. The monoisotopic (exact) mass is 2030 g/mol. The average Bonchev–Trinajstić information content (AvgIpc) is 0.784. The van der Waals surface area contributed by atoms with Crippen LogP contribution in [0.5, 0.6) is 5.75 Å². The standard InChI is InChI=1S/C30H39S.C26H31S.C24H25S.C18H23S2.C17H21O2S2.C14H21S2/c1-28(2,3)22-10-16-25(17-11-22)31(26-18-12-23(13-19-26)29(4,5)6)27-20-14-24(15-21-27)30(7,8)9;1-25(2,3)20-12-16-23(17-13-20)27(22-10-8-7-9-11-22)24-18-14-21(15-19-24)26(4,5)6;1-4-10-20(11-5-1)21-16-18-24(19-17-21)25(22-12-6-2-7-13-22)23-14-8-3-9-15-23;1-18(2,3)16-8-9-17(20-12-10-19-11-13-20)15-7-5-4-6-14(15)16;1-18-8-9-19-16-6-7-17(21-12-10-20-11-13-21)15-5-3-2-4-14(15)16;1-14(2,3)12-4-6-13(7-5-12)16-10-8-15-9-11-16/h10-21H,1-9H3;7-19H,1-6H3;2-3,6-9,12-20H,1,4-5,10-11H2;4-9H,10-13H2,1-3H3;2-7H,8-13H2,1H3;4-7H,8-11H2,1-3H3/q6*+1. The van der Waals surface area contributed by atoms with Crippen LogP contribution in [-0.2, 0) is 108 Å². The van der Waals surface area contributed by atoms with Crippen LogP contribution in [-0.4, -0.2) is 89.4 Å². The summed E-state index contributed by atoms with van der Waals surface area (Å²) in [6, 6.07) is 125. The van der Waals surface area contributed by atoms with Gasteiger partial charge in [0.25, 0.3) is 0 Å². The van der Waals surface area contributed by atoms with Gasteiger partial charge in [-0.2, -0.15) is 35.3 Å². The molecule has 736 valence electrons. The molecule has 4 fully saturated rings. The van der Waals surface area contributed by atoms with Gasteiger partial charge in [0, 0.05) is 90.5 Å². The molecule has 3 aliphatic heterocycles. The first-order chi connectivity index (χ1) is 66.9. The minimum atomic E-state index is -0.120. The lowest BCUT2D eigenvalue weighted by molar-refractivity contribution is 0.147. The van der Waals surface area contributed by atoms with Crippen LogP contribution in [0.2, 0.25) is 0 Å². The van der Waals surface area contributed by atoms with Crippen LogP contribution < -0.4 is 4.74 Å². The van der Waals surface area contributed by atoms with Crippen LogP contribution >= 0.6 is 35.3 Å². The third-order valence-electron chi connectivity index (χ3n) is 26.5. The summed E-state index contributed by atoms with van der Waals surface area (Å²) >= 11 is 6.30. The third-order valence-corrected chi connectivity index (χ3v) is 44.8. The van der Waals surface area contributed by atoms with Gasteiger partial charge in [-0.1, -0.05) is 347 Å². The van der Waals surface area contributed by atoms with E-state index in [0.29, 0.717) is 45.9 Å².